The highest BCUT2D eigenvalue weighted by atomic mass is 35.5. The molecular weight excluding hydrogens is 375 g/mol. The van der Waals surface area contributed by atoms with Crippen molar-refractivity contribution in [3.63, 3.8) is 0 Å². The van der Waals surface area contributed by atoms with Crippen LogP contribution in [0.15, 0.2) is 24.3 Å². The van der Waals surface area contributed by atoms with E-state index >= 15 is 4.39 Å². The van der Waals surface area contributed by atoms with Gasteiger partial charge in [-0.3, -0.25) is 15.5 Å². The van der Waals surface area contributed by atoms with Gasteiger partial charge in [0.15, 0.2) is 6.17 Å². The first-order chi connectivity index (χ1) is 12.8. The summed E-state index contributed by atoms with van der Waals surface area (Å²) >= 11 is 5.87. The first-order valence-corrected chi connectivity index (χ1v) is 9.62. The quantitative estimate of drug-likeness (QED) is 0.496. The average molecular weight is 401 g/mol. The molecule has 150 valence electrons. The third-order valence-electron chi connectivity index (χ3n) is 6.11. The topological polar surface area (TPSA) is 103 Å². The molecule has 0 bridgehead atoms. The zero-order valence-corrected chi connectivity index (χ0v) is 15.8. The van der Waals surface area contributed by atoms with Gasteiger partial charge in [-0.05, 0) is 31.0 Å². The second-order valence-corrected chi connectivity index (χ2v) is 8.25. The van der Waals surface area contributed by atoms with Gasteiger partial charge in [0.1, 0.15) is 24.0 Å². The molecule has 1 aromatic carbocycles. The zero-order valence-electron chi connectivity index (χ0n) is 15.1. The Bertz CT molecular complexity index is 679. The zero-order chi connectivity index (χ0) is 19.3. The number of aliphatic hydroxyl groups excluding tert-OH is 1. The third-order valence-corrected chi connectivity index (χ3v) is 6.36. The van der Waals surface area contributed by atoms with Gasteiger partial charge in [-0.2, -0.15) is 0 Å². The van der Waals surface area contributed by atoms with E-state index in [9.17, 15) is 10.2 Å². The molecule has 3 fully saturated rings. The van der Waals surface area contributed by atoms with Crippen LogP contribution in [0.4, 0.5) is 4.39 Å². The van der Waals surface area contributed by atoms with Crippen molar-refractivity contribution in [1.82, 2.24) is 15.5 Å². The lowest BCUT2D eigenvalue weighted by molar-refractivity contribution is -0.120. The summed E-state index contributed by atoms with van der Waals surface area (Å²) < 4.78 is 21.1. The van der Waals surface area contributed by atoms with Gasteiger partial charge in [-0.25, -0.2) is 4.39 Å². The first-order valence-electron chi connectivity index (χ1n) is 9.24. The normalized spacial score (nSPS) is 43.6. The average Bonchev–Trinajstić information content (AvgIpc) is 3.16. The largest absolute Gasteiger partial charge is 0.386 e. The molecule has 3 unspecified atom stereocenters. The van der Waals surface area contributed by atoms with E-state index in [1.54, 1.807) is 24.3 Å². The van der Waals surface area contributed by atoms with Crippen LogP contribution in [-0.4, -0.2) is 64.7 Å². The molecule has 0 radical (unpaired) electrons. The van der Waals surface area contributed by atoms with E-state index in [-0.39, 0.29) is 18.2 Å². The van der Waals surface area contributed by atoms with Crippen molar-refractivity contribution in [3.05, 3.63) is 34.9 Å². The maximum atomic E-state index is 15.2. The maximum absolute atomic E-state index is 15.2. The third kappa shape index (κ3) is 3.28. The minimum absolute atomic E-state index is 0.0935. The molecule has 0 amide bonds. The molecule has 9 heteroatoms. The lowest BCUT2D eigenvalue weighted by Gasteiger charge is -2.39. The number of nitrogens with two attached hydrogens (primary N) is 1. The van der Waals surface area contributed by atoms with Crippen LogP contribution in [0.25, 0.3) is 0 Å². The lowest BCUT2D eigenvalue weighted by atomic mass is 9.89. The first kappa shape index (κ1) is 19.5. The number of aliphatic hydroxyl groups is 2. The summed E-state index contributed by atoms with van der Waals surface area (Å²) in [4.78, 5) is 1.94. The van der Waals surface area contributed by atoms with Gasteiger partial charge in [0.05, 0.1) is 12.3 Å². The lowest BCUT2D eigenvalue weighted by Crippen LogP contribution is -2.64. The van der Waals surface area contributed by atoms with E-state index in [0.29, 0.717) is 23.8 Å². The van der Waals surface area contributed by atoms with Gasteiger partial charge in [0, 0.05) is 24.2 Å². The second-order valence-electron chi connectivity index (χ2n) is 7.82. The van der Waals surface area contributed by atoms with Crippen molar-refractivity contribution in [3.8, 4) is 0 Å². The van der Waals surface area contributed by atoms with E-state index in [1.165, 1.54) is 6.92 Å². The van der Waals surface area contributed by atoms with E-state index in [1.807, 2.05) is 4.90 Å². The van der Waals surface area contributed by atoms with Crippen molar-refractivity contribution in [1.29, 1.82) is 0 Å². The van der Waals surface area contributed by atoms with Gasteiger partial charge in [-0.15, -0.1) is 0 Å². The van der Waals surface area contributed by atoms with Crippen molar-refractivity contribution >= 4 is 11.6 Å². The number of fused-ring (bicyclic) bond motifs is 1. The molecule has 3 aliphatic rings. The van der Waals surface area contributed by atoms with Gasteiger partial charge in [0.25, 0.3) is 0 Å². The van der Waals surface area contributed by atoms with E-state index in [4.69, 9.17) is 22.1 Å². The van der Waals surface area contributed by atoms with Crippen LogP contribution in [0.5, 0.6) is 0 Å². The molecular formula is C18H26ClFN4O3. The molecule has 1 aromatic rings. The summed E-state index contributed by atoms with van der Waals surface area (Å²) in [6.45, 7) is 2.60. The number of alkyl halides is 1. The predicted molar refractivity (Wildman–Crippen MR) is 98.3 cm³/mol. The number of halogens is 2. The molecule has 7 nitrogen and oxygen atoms in total. The summed E-state index contributed by atoms with van der Waals surface area (Å²) in [7, 11) is 0. The van der Waals surface area contributed by atoms with Crippen molar-refractivity contribution in [2.24, 2.45) is 11.7 Å². The molecule has 3 saturated heterocycles. The number of hydrogen-bond donors (Lipinski definition) is 5. The molecule has 3 aliphatic heterocycles. The number of nitrogens with one attached hydrogen (secondary N) is 2. The Morgan fingerprint density at radius 1 is 1.37 bits per heavy atom. The fraction of sp³-hybridized carbons (Fsp3) is 0.667. The fourth-order valence-corrected chi connectivity index (χ4v) is 4.60. The highest BCUT2D eigenvalue weighted by molar-refractivity contribution is 6.30. The van der Waals surface area contributed by atoms with Crippen molar-refractivity contribution < 1.29 is 19.3 Å². The number of rotatable bonds is 3. The summed E-state index contributed by atoms with van der Waals surface area (Å²) in [5, 5.41) is 28.6. The minimum atomic E-state index is -1.74. The van der Waals surface area contributed by atoms with Crippen LogP contribution in [-0.2, 0) is 4.74 Å². The van der Waals surface area contributed by atoms with Gasteiger partial charge < -0.3 is 20.7 Å². The Hall–Kier alpha value is -0.840. The van der Waals surface area contributed by atoms with Crippen molar-refractivity contribution in [2.75, 3.05) is 13.2 Å². The predicted octanol–water partition coefficient (Wildman–Crippen LogP) is 0.271. The number of hydrogen-bond acceptors (Lipinski definition) is 7. The number of ether oxygens (including phenoxy) is 1. The van der Waals surface area contributed by atoms with E-state index < -0.39 is 30.2 Å². The number of nitrogens with zero attached hydrogens (tertiary/aromatic N) is 1. The molecule has 0 spiro atoms. The van der Waals surface area contributed by atoms with Gasteiger partial charge in [-0.1, -0.05) is 23.7 Å². The molecule has 0 saturated carbocycles. The fourth-order valence-electron chi connectivity index (χ4n) is 4.47. The standard InChI is InChI=1S/C18H26ClFN4O3/c1-18(26)13(25)17(24-7-6-11-15(21)22-8-23-16(11)24)27-14(18)12(20)9-2-4-10(19)5-3-9/h2-5,11-17,22-23,25-26H,6-8,21H2,1H3/t11?,12-,13+,14-,15?,16?,17-,18+/m1/s1. The highest BCUT2D eigenvalue weighted by Gasteiger charge is 2.59. The van der Waals surface area contributed by atoms with Gasteiger partial charge in [0.2, 0.25) is 0 Å². The van der Waals surface area contributed by atoms with E-state index in [0.717, 1.165) is 6.42 Å². The molecule has 0 aliphatic carbocycles. The summed E-state index contributed by atoms with van der Waals surface area (Å²) in [5.41, 5.74) is 4.74. The molecule has 8 atom stereocenters. The minimum Gasteiger partial charge on any atom is -0.386 e. The number of likely N-dealkylation sites (tertiary alicyclic amines) is 1. The maximum Gasteiger partial charge on any atom is 0.154 e. The molecule has 27 heavy (non-hydrogen) atoms. The Morgan fingerprint density at radius 2 is 2.07 bits per heavy atom. The monoisotopic (exact) mass is 400 g/mol. The van der Waals surface area contributed by atoms with Crippen molar-refractivity contribution in [2.45, 2.75) is 55.9 Å². The van der Waals surface area contributed by atoms with Crippen LogP contribution in [0, 0.1) is 5.92 Å². The smallest absolute Gasteiger partial charge is 0.154 e. The molecule has 4 rings (SSSR count). The highest BCUT2D eigenvalue weighted by Crippen LogP contribution is 2.43. The molecule has 6 N–H and O–H groups in total. The summed E-state index contributed by atoms with van der Waals surface area (Å²) in [5.74, 6) is 0.149. The summed E-state index contributed by atoms with van der Waals surface area (Å²) in [6, 6.07) is 6.30. The molecule has 0 aromatic heterocycles. The van der Waals surface area contributed by atoms with Crippen LogP contribution in [0.3, 0.4) is 0 Å². The van der Waals surface area contributed by atoms with Crippen LogP contribution in [0.2, 0.25) is 5.02 Å². The van der Waals surface area contributed by atoms with Crippen LogP contribution >= 0.6 is 11.6 Å². The Kier molecular flexibility index (Phi) is 5.19. The Morgan fingerprint density at radius 3 is 2.78 bits per heavy atom. The van der Waals surface area contributed by atoms with Crippen LogP contribution < -0.4 is 16.4 Å². The Labute approximate surface area is 162 Å². The number of benzene rings is 1. The van der Waals surface area contributed by atoms with Crippen LogP contribution in [0.1, 0.15) is 25.1 Å². The second kappa shape index (κ2) is 7.20. The van der Waals surface area contributed by atoms with Gasteiger partial charge >= 0.3 is 0 Å². The Balaban J connectivity index is 1.55. The SMILES string of the molecule is C[C@@]1(O)[C@@H]([C@H](F)c2ccc(Cl)cc2)O[C@@H](N2CCC3C(N)NCNC32)[C@@H]1O. The molecule has 3 heterocycles. The van der Waals surface area contributed by atoms with E-state index in [2.05, 4.69) is 10.6 Å². The summed E-state index contributed by atoms with van der Waals surface area (Å²) in [6.07, 6.45) is -4.29.